The smallest absolute Gasteiger partial charge is 0.390 e. The van der Waals surface area contributed by atoms with E-state index >= 15 is 0 Å². The summed E-state index contributed by atoms with van der Waals surface area (Å²) in [6.45, 7) is 5.23. The number of hydrogen-bond acceptors (Lipinski definition) is 3. The summed E-state index contributed by atoms with van der Waals surface area (Å²) in [5.74, 6) is 0. The Morgan fingerprint density at radius 3 is 2.17 bits per heavy atom. The lowest BCUT2D eigenvalue weighted by molar-refractivity contribution is -0.137. The van der Waals surface area contributed by atoms with Crippen molar-refractivity contribution in [1.82, 2.24) is 10.2 Å². The molecule has 0 aromatic heterocycles. The third kappa shape index (κ3) is 8.72. The molecule has 3 nitrogen and oxygen atoms in total. The molecule has 0 aromatic rings. The van der Waals surface area contributed by atoms with E-state index < -0.39 is 18.1 Å². The zero-order chi connectivity index (χ0) is 14.2. The number of hydrogen-bond donors (Lipinski definition) is 2. The van der Waals surface area contributed by atoms with Gasteiger partial charge in [0.05, 0.1) is 13.0 Å². The second-order valence-electron chi connectivity index (χ2n) is 5.06. The van der Waals surface area contributed by atoms with Crippen molar-refractivity contribution < 1.29 is 18.3 Å². The van der Waals surface area contributed by atoms with Gasteiger partial charge in [-0.05, 0) is 39.9 Å². The average molecular weight is 270 g/mol. The predicted molar refractivity (Wildman–Crippen MR) is 66.6 cm³/mol. The van der Waals surface area contributed by atoms with Crippen LogP contribution in [0.4, 0.5) is 13.2 Å². The zero-order valence-electron chi connectivity index (χ0n) is 11.5. The quantitative estimate of drug-likeness (QED) is 0.673. The number of halogens is 3. The zero-order valence-corrected chi connectivity index (χ0v) is 11.5. The van der Waals surface area contributed by atoms with E-state index in [9.17, 15) is 18.3 Å². The summed E-state index contributed by atoms with van der Waals surface area (Å²) in [5, 5.41) is 12.5. The second kappa shape index (κ2) is 7.96. The van der Waals surface area contributed by atoms with Gasteiger partial charge in [-0.1, -0.05) is 6.92 Å². The maximum absolute atomic E-state index is 12.0. The van der Waals surface area contributed by atoms with Crippen LogP contribution in [0.5, 0.6) is 0 Å². The molecule has 18 heavy (non-hydrogen) atoms. The number of nitrogens with zero attached hydrogens (tertiary/aromatic N) is 1. The highest BCUT2D eigenvalue weighted by atomic mass is 19.4. The van der Waals surface area contributed by atoms with Gasteiger partial charge < -0.3 is 15.3 Å². The Kier molecular flexibility index (Phi) is 7.82. The van der Waals surface area contributed by atoms with Crippen LogP contribution in [0.15, 0.2) is 0 Å². The van der Waals surface area contributed by atoms with Gasteiger partial charge in [-0.2, -0.15) is 13.2 Å². The van der Waals surface area contributed by atoms with Crippen molar-refractivity contribution in [2.75, 3.05) is 33.3 Å². The van der Waals surface area contributed by atoms with Gasteiger partial charge in [-0.25, -0.2) is 0 Å². The van der Waals surface area contributed by atoms with Crippen molar-refractivity contribution in [3.63, 3.8) is 0 Å². The Balaban J connectivity index is 3.96. The number of nitrogens with one attached hydrogen (secondary N) is 1. The van der Waals surface area contributed by atoms with E-state index in [4.69, 9.17) is 0 Å². The number of aliphatic hydroxyl groups excluding tert-OH is 1. The fourth-order valence-electron chi connectivity index (χ4n) is 1.52. The third-order valence-electron chi connectivity index (χ3n) is 2.97. The lowest BCUT2D eigenvalue weighted by Crippen LogP contribution is -2.48. The molecule has 0 saturated heterocycles. The minimum absolute atomic E-state index is 0.00120. The van der Waals surface area contributed by atoms with Crippen LogP contribution in [0.3, 0.4) is 0 Å². The molecule has 0 aliphatic rings. The molecular formula is C12H25F3N2O. The van der Waals surface area contributed by atoms with Crippen molar-refractivity contribution in [1.29, 1.82) is 0 Å². The molecule has 0 rings (SSSR count). The van der Waals surface area contributed by atoms with Gasteiger partial charge in [0.2, 0.25) is 0 Å². The fraction of sp³-hybridized carbons (Fsp3) is 1.00. The van der Waals surface area contributed by atoms with Crippen molar-refractivity contribution in [2.45, 2.75) is 44.8 Å². The molecule has 2 N–H and O–H groups in total. The number of rotatable bonds is 9. The lowest BCUT2D eigenvalue weighted by Gasteiger charge is -2.31. The lowest BCUT2D eigenvalue weighted by atomic mass is 9.98. The monoisotopic (exact) mass is 270 g/mol. The maximum atomic E-state index is 12.0. The van der Waals surface area contributed by atoms with Crippen LogP contribution in [0, 0.1) is 0 Å². The van der Waals surface area contributed by atoms with Crippen molar-refractivity contribution in [3.8, 4) is 0 Å². The molecular weight excluding hydrogens is 245 g/mol. The van der Waals surface area contributed by atoms with E-state index in [-0.39, 0.29) is 13.2 Å². The molecule has 0 aliphatic heterocycles. The van der Waals surface area contributed by atoms with Gasteiger partial charge in [0.15, 0.2) is 0 Å². The summed E-state index contributed by atoms with van der Waals surface area (Å²) < 4.78 is 36.1. The summed E-state index contributed by atoms with van der Waals surface area (Å²) in [7, 11) is 1.67. The Hall–Kier alpha value is -0.330. The Morgan fingerprint density at radius 2 is 1.72 bits per heavy atom. The summed E-state index contributed by atoms with van der Waals surface area (Å²) in [6.07, 6.45) is -3.31. The minimum Gasteiger partial charge on any atom is -0.394 e. The van der Waals surface area contributed by atoms with Crippen LogP contribution in [0.25, 0.3) is 0 Å². The van der Waals surface area contributed by atoms with Gasteiger partial charge in [-0.3, -0.25) is 0 Å². The van der Waals surface area contributed by atoms with Gasteiger partial charge in [-0.15, -0.1) is 0 Å². The predicted octanol–water partition coefficient (Wildman–Crippen LogP) is 2.01. The normalized spacial score (nSPS) is 16.0. The summed E-state index contributed by atoms with van der Waals surface area (Å²) in [6, 6.07) is 0. The second-order valence-corrected chi connectivity index (χ2v) is 5.06. The molecule has 1 atom stereocenters. The summed E-state index contributed by atoms with van der Waals surface area (Å²) in [4.78, 5) is 1.65. The Labute approximate surface area is 107 Å². The van der Waals surface area contributed by atoms with Crippen LogP contribution >= 0.6 is 0 Å². The van der Waals surface area contributed by atoms with E-state index in [1.807, 2.05) is 13.8 Å². The molecule has 110 valence electrons. The van der Waals surface area contributed by atoms with E-state index in [2.05, 4.69) is 5.32 Å². The summed E-state index contributed by atoms with van der Waals surface area (Å²) in [5.41, 5.74) is -0.414. The SMILES string of the molecule is CCCNC(C)(CO)CCN(C)CCC(F)(F)F. The van der Waals surface area contributed by atoms with Crippen molar-refractivity contribution in [2.24, 2.45) is 0 Å². The first-order chi connectivity index (χ1) is 8.22. The molecule has 0 radical (unpaired) electrons. The molecule has 0 aliphatic carbocycles. The van der Waals surface area contributed by atoms with Gasteiger partial charge in [0, 0.05) is 12.1 Å². The maximum Gasteiger partial charge on any atom is 0.390 e. The van der Waals surface area contributed by atoms with Crippen molar-refractivity contribution in [3.05, 3.63) is 0 Å². The molecule has 0 amide bonds. The highest BCUT2D eigenvalue weighted by Gasteiger charge is 2.28. The Morgan fingerprint density at radius 1 is 1.17 bits per heavy atom. The highest BCUT2D eigenvalue weighted by molar-refractivity contribution is 4.83. The van der Waals surface area contributed by atoms with E-state index in [0.717, 1.165) is 13.0 Å². The molecule has 0 heterocycles. The number of aliphatic hydroxyl groups is 1. The number of alkyl halides is 3. The van der Waals surface area contributed by atoms with Crippen LogP contribution < -0.4 is 5.32 Å². The first-order valence-electron chi connectivity index (χ1n) is 6.33. The highest BCUT2D eigenvalue weighted by Crippen LogP contribution is 2.19. The summed E-state index contributed by atoms with van der Waals surface area (Å²) >= 11 is 0. The largest absolute Gasteiger partial charge is 0.394 e. The molecule has 1 unspecified atom stereocenters. The van der Waals surface area contributed by atoms with Crippen LogP contribution in [0.1, 0.15) is 33.1 Å². The van der Waals surface area contributed by atoms with Crippen LogP contribution in [-0.4, -0.2) is 55.0 Å². The molecule has 6 heteroatoms. The van der Waals surface area contributed by atoms with E-state index in [1.54, 1.807) is 11.9 Å². The van der Waals surface area contributed by atoms with E-state index in [0.29, 0.717) is 13.0 Å². The first-order valence-corrected chi connectivity index (χ1v) is 6.33. The molecule has 0 bridgehead atoms. The topological polar surface area (TPSA) is 35.5 Å². The van der Waals surface area contributed by atoms with Crippen LogP contribution in [-0.2, 0) is 0 Å². The third-order valence-corrected chi connectivity index (χ3v) is 2.97. The molecule has 0 fully saturated rings. The standard InChI is InChI=1S/C12H25F3N2O/c1-4-7-16-11(2,10-18)5-8-17(3)9-6-12(13,14)15/h16,18H,4-10H2,1-3H3. The fourth-order valence-corrected chi connectivity index (χ4v) is 1.52. The molecule has 0 aromatic carbocycles. The van der Waals surface area contributed by atoms with Gasteiger partial charge in [0.1, 0.15) is 0 Å². The minimum atomic E-state index is -4.10. The Bertz CT molecular complexity index is 224. The van der Waals surface area contributed by atoms with Crippen molar-refractivity contribution >= 4 is 0 Å². The molecule has 0 spiro atoms. The average Bonchev–Trinajstić information content (AvgIpc) is 2.30. The van der Waals surface area contributed by atoms with Crippen LogP contribution in [0.2, 0.25) is 0 Å². The molecule has 0 saturated carbocycles. The van der Waals surface area contributed by atoms with Gasteiger partial charge >= 0.3 is 6.18 Å². The first kappa shape index (κ1) is 17.7. The van der Waals surface area contributed by atoms with E-state index in [1.165, 1.54) is 0 Å². The van der Waals surface area contributed by atoms with Gasteiger partial charge in [0.25, 0.3) is 0 Å².